The SMILES string of the molecule is CCCN(Cc1cccc(C(=N)NC(=S)CC)c1)C(=O)Cc1ccc(-c2ccccc2S(N)(=O)=O)cc1. The van der Waals surface area contributed by atoms with Crippen LogP contribution < -0.4 is 10.5 Å². The molecule has 0 saturated carbocycles. The summed E-state index contributed by atoms with van der Waals surface area (Å²) < 4.78 is 23.9. The number of hydrogen-bond donors (Lipinski definition) is 3. The van der Waals surface area contributed by atoms with E-state index in [1.54, 1.807) is 30.3 Å². The first-order valence-electron chi connectivity index (χ1n) is 12.1. The van der Waals surface area contributed by atoms with Gasteiger partial charge in [0.05, 0.1) is 16.3 Å². The molecule has 0 bridgehead atoms. The van der Waals surface area contributed by atoms with E-state index in [4.69, 9.17) is 22.8 Å². The smallest absolute Gasteiger partial charge is 0.238 e. The summed E-state index contributed by atoms with van der Waals surface area (Å²) in [6, 6.07) is 21.4. The van der Waals surface area contributed by atoms with Crippen molar-refractivity contribution in [1.82, 2.24) is 10.2 Å². The minimum absolute atomic E-state index is 0.00898. The van der Waals surface area contributed by atoms with E-state index in [2.05, 4.69) is 5.32 Å². The first-order chi connectivity index (χ1) is 17.6. The molecule has 0 saturated heterocycles. The van der Waals surface area contributed by atoms with Crippen molar-refractivity contribution in [1.29, 1.82) is 5.41 Å². The largest absolute Gasteiger partial charge is 0.338 e. The number of benzene rings is 3. The summed E-state index contributed by atoms with van der Waals surface area (Å²) in [5.41, 5.74) is 3.71. The van der Waals surface area contributed by atoms with Crippen molar-refractivity contribution in [3.05, 3.63) is 89.5 Å². The van der Waals surface area contributed by atoms with Crippen molar-refractivity contribution >= 4 is 39.0 Å². The quantitative estimate of drug-likeness (QED) is 0.198. The average molecular weight is 537 g/mol. The molecule has 0 radical (unpaired) electrons. The first-order valence-corrected chi connectivity index (χ1v) is 14.0. The van der Waals surface area contributed by atoms with Gasteiger partial charge in [0.1, 0.15) is 5.84 Å². The Kier molecular flexibility index (Phi) is 9.68. The van der Waals surface area contributed by atoms with Gasteiger partial charge in [-0.3, -0.25) is 10.2 Å². The van der Waals surface area contributed by atoms with Gasteiger partial charge in [-0.15, -0.1) is 0 Å². The zero-order valence-electron chi connectivity index (χ0n) is 21.0. The number of rotatable bonds is 10. The average Bonchev–Trinajstić information content (AvgIpc) is 2.88. The molecule has 0 aliphatic rings. The fourth-order valence-corrected chi connectivity index (χ4v) is 4.81. The number of sulfonamides is 1. The summed E-state index contributed by atoms with van der Waals surface area (Å²) in [7, 11) is -3.86. The number of hydrogen-bond acceptors (Lipinski definition) is 5. The molecule has 0 aromatic heterocycles. The highest BCUT2D eigenvalue weighted by Crippen LogP contribution is 2.27. The maximum Gasteiger partial charge on any atom is 0.238 e. The molecule has 7 nitrogen and oxygen atoms in total. The van der Waals surface area contributed by atoms with Crippen molar-refractivity contribution in [2.24, 2.45) is 5.14 Å². The molecular weight excluding hydrogens is 504 g/mol. The van der Waals surface area contributed by atoms with Crippen LogP contribution >= 0.6 is 12.2 Å². The Bertz CT molecular complexity index is 1390. The molecule has 0 unspecified atom stereocenters. The Labute approximate surface area is 224 Å². The van der Waals surface area contributed by atoms with E-state index in [0.717, 1.165) is 17.5 Å². The summed E-state index contributed by atoms with van der Waals surface area (Å²) in [4.78, 5) is 15.7. The molecule has 0 fully saturated rings. The van der Waals surface area contributed by atoms with Gasteiger partial charge in [-0.2, -0.15) is 0 Å². The Morgan fingerprint density at radius 1 is 1.00 bits per heavy atom. The number of carbonyl (C=O) groups excluding carboxylic acids is 1. The van der Waals surface area contributed by atoms with Crippen LogP contribution in [0.4, 0.5) is 0 Å². The fourth-order valence-electron chi connectivity index (χ4n) is 3.95. The second-order valence-corrected chi connectivity index (χ2v) is 10.7. The maximum absolute atomic E-state index is 13.2. The molecule has 1 amide bonds. The molecule has 3 aromatic carbocycles. The summed E-state index contributed by atoms with van der Waals surface area (Å²) in [6.45, 7) is 5.01. The van der Waals surface area contributed by atoms with Gasteiger partial charge in [-0.25, -0.2) is 13.6 Å². The summed E-state index contributed by atoms with van der Waals surface area (Å²) in [5.74, 6) is 0.233. The highest BCUT2D eigenvalue weighted by molar-refractivity contribution is 7.89. The van der Waals surface area contributed by atoms with Gasteiger partial charge in [-0.05, 0) is 41.7 Å². The van der Waals surface area contributed by atoms with Crippen molar-refractivity contribution < 1.29 is 13.2 Å². The maximum atomic E-state index is 13.2. The third-order valence-electron chi connectivity index (χ3n) is 5.83. The predicted octanol–water partition coefficient (Wildman–Crippen LogP) is 4.63. The van der Waals surface area contributed by atoms with Crippen LogP contribution in [-0.4, -0.2) is 36.6 Å². The van der Waals surface area contributed by atoms with Crippen LogP contribution in [0.25, 0.3) is 11.1 Å². The molecule has 194 valence electrons. The number of primary sulfonamides is 1. The van der Waals surface area contributed by atoms with E-state index >= 15 is 0 Å². The number of nitrogens with two attached hydrogens (primary N) is 1. The van der Waals surface area contributed by atoms with Gasteiger partial charge >= 0.3 is 0 Å². The molecule has 3 rings (SSSR count). The number of amidine groups is 1. The summed E-state index contributed by atoms with van der Waals surface area (Å²) in [6.07, 6.45) is 1.70. The second-order valence-electron chi connectivity index (χ2n) is 8.71. The lowest BCUT2D eigenvalue weighted by Gasteiger charge is -2.23. The lowest BCUT2D eigenvalue weighted by Crippen LogP contribution is -2.33. The molecule has 0 spiro atoms. The predicted molar refractivity (Wildman–Crippen MR) is 152 cm³/mol. The van der Waals surface area contributed by atoms with Gasteiger partial charge in [-0.1, -0.05) is 86.7 Å². The number of carbonyl (C=O) groups is 1. The van der Waals surface area contributed by atoms with Crippen LogP contribution in [0.2, 0.25) is 0 Å². The van der Waals surface area contributed by atoms with E-state index in [1.165, 1.54) is 6.07 Å². The van der Waals surface area contributed by atoms with Gasteiger partial charge < -0.3 is 10.2 Å². The van der Waals surface area contributed by atoms with Gasteiger partial charge in [0.2, 0.25) is 15.9 Å². The molecule has 0 aliphatic heterocycles. The lowest BCUT2D eigenvalue weighted by atomic mass is 10.0. The second kappa shape index (κ2) is 12.7. The lowest BCUT2D eigenvalue weighted by molar-refractivity contribution is -0.131. The highest BCUT2D eigenvalue weighted by atomic mass is 32.2. The summed E-state index contributed by atoms with van der Waals surface area (Å²) >= 11 is 5.19. The van der Waals surface area contributed by atoms with E-state index in [1.807, 2.05) is 55.1 Å². The molecule has 4 N–H and O–H groups in total. The Morgan fingerprint density at radius 2 is 1.70 bits per heavy atom. The third-order valence-corrected chi connectivity index (χ3v) is 7.19. The third kappa shape index (κ3) is 7.79. The number of thiocarbonyl (C=S) groups is 1. The van der Waals surface area contributed by atoms with Crippen LogP contribution in [0.15, 0.2) is 77.7 Å². The van der Waals surface area contributed by atoms with Crippen molar-refractivity contribution in [2.45, 2.75) is 44.6 Å². The monoisotopic (exact) mass is 536 g/mol. The van der Waals surface area contributed by atoms with Crippen LogP contribution in [0.5, 0.6) is 0 Å². The molecule has 0 heterocycles. The number of nitrogens with zero attached hydrogens (tertiary/aromatic N) is 1. The van der Waals surface area contributed by atoms with Crippen LogP contribution in [0.3, 0.4) is 0 Å². The normalized spacial score (nSPS) is 11.1. The van der Waals surface area contributed by atoms with E-state index in [9.17, 15) is 13.2 Å². The van der Waals surface area contributed by atoms with E-state index in [-0.39, 0.29) is 23.1 Å². The molecule has 3 aromatic rings. The Morgan fingerprint density at radius 3 is 2.35 bits per heavy atom. The molecule has 37 heavy (non-hydrogen) atoms. The zero-order chi connectivity index (χ0) is 27.0. The molecule has 0 aliphatic carbocycles. The number of nitrogens with one attached hydrogen (secondary N) is 2. The first kappa shape index (κ1) is 28.2. The number of amides is 1. The topological polar surface area (TPSA) is 116 Å². The standard InChI is InChI=1S/C28H32N4O3S2/c1-3-16-32(19-21-8-7-9-23(17-21)28(29)31-26(36)4-2)27(33)18-20-12-14-22(15-13-20)24-10-5-6-11-25(24)37(30,34)35/h5-15,17H,3-4,16,18-19H2,1-2H3,(H2,29,31,36)(H2,30,34,35). The Hall–Kier alpha value is -3.40. The zero-order valence-corrected chi connectivity index (χ0v) is 22.7. The van der Waals surface area contributed by atoms with Crippen LogP contribution in [-0.2, 0) is 27.8 Å². The van der Waals surface area contributed by atoms with Crippen molar-refractivity contribution in [3.63, 3.8) is 0 Å². The van der Waals surface area contributed by atoms with Crippen LogP contribution in [0.1, 0.15) is 43.4 Å². The van der Waals surface area contributed by atoms with Gasteiger partial charge in [0.25, 0.3) is 0 Å². The minimum Gasteiger partial charge on any atom is -0.338 e. The van der Waals surface area contributed by atoms with Gasteiger partial charge in [0, 0.05) is 24.2 Å². The van der Waals surface area contributed by atoms with Gasteiger partial charge in [0.15, 0.2) is 0 Å². The van der Waals surface area contributed by atoms with Crippen LogP contribution in [0, 0.1) is 5.41 Å². The molecular formula is C28H32N4O3S2. The van der Waals surface area contributed by atoms with Crippen molar-refractivity contribution in [2.75, 3.05) is 6.54 Å². The van der Waals surface area contributed by atoms with E-state index in [0.29, 0.717) is 41.2 Å². The molecule has 9 heteroatoms. The molecule has 0 atom stereocenters. The Balaban J connectivity index is 1.73. The van der Waals surface area contributed by atoms with E-state index < -0.39 is 10.0 Å². The fraction of sp³-hybridized carbons (Fsp3) is 0.250. The summed E-state index contributed by atoms with van der Waals surface area (Å²) in [5, 5.41) is 16.6. The minimum atomic E-state index is -3.86. The van der Waals surface area contributed by atoms with Crippen molar-refractivity contribution in [3.8, 4) is 11.1 Å². The highest BCUT2D eigenvalue weighted by Gasteiger charge is 2.17.